The maximum atomic E-state index is 11.5. The molecule has 3 heterocycles. The molecule has 4 rings (SSSR count). The minimum absolute atomic E-state index is 0.125. The van der Waals surface area contributed by atoms with Crippen LogP contribution in [0.5, 0.6) is 5.75 Å². The molecule has 0 radical (unpaired) electrons. The summed E-state index contributed by atoms with van der Waals surface area (Å²) in [6.45, 7) is 2.61. The summed E-state index contributed by atoms with van der Waals surface area (Å²) in [4.78, 5) is 16.4. The van der Waals surface area contributed by atoms with Gasteiger partial charge in [0.2, 0.25) is 0 Å². The molecule has 0 spiro atoms. The first kappa shape index (κ1) is 11.1. The number of fused-ring (bicyclic) bond motifs is 5. The minimum atomic E-state index is -0.125. The second-order valence-corrected chi connectivity index (χ2v) is 6.36. The van der Waals surface area contributed by atoms with E-state index in [-0.39, 0.29) is 4.87 Å². The van der Waals surface area contributed by atoms with E-state index in [4.69, 9.17) is 4.74 Å². The van der Waals surface area contributed by atoms with Gasteiger partial charge in [0.25, 0.3) is 0 Å². The average molecular weight is 287 g/mol. The fourth-order valence-electron chi connectivity index (χ4n) is 2.37. The van der Waals surface area contributed by atoms with Crippen molar-refractivity contribution >= 4 is 22.7 Å². The van der Waals surface area contributed by atoms with Crippen molar-refractivity contribution in [3.8, 4) is 26.8 Å². The quantitative estimate of drug-likeness (QED) is 0.635. The summed E-state index contributed by atoms with van der Waals surface area (Å²) in [6, 6.07) is 6.18. The molecule has 94 valence electrons. The summed E-state index contributed by atoms with van der Waals surface area (Å²) in [6.07, 6.45) is 0. The molecule has 0 fully saturated rings. The van der Waals surface area contributed by atoms with Gasteiger partial charge in [-0.05, 0) is 18.6 Å². The Balaban J connectivity index is 2.10. The van der Waals surface area contributed by atoms with E-state index in [9.17, 15) is 4.79 Å². The molecule has 0 atom stereocenters. The summed E-state index contributed by atoms with van der Waals surface area (Å²) in [5.74, 6) is 0.894. The molecular weight excluding hydrogens is 278 g/mol. The third-order valence-electron chi connectivity index (χ3n) is 3.23. The van der Waals surface area contributed by atoms with E-state index in [2.05, 4.69) is 17.1 Å². The van der Waals surface area contributed by atoms with Gasteiger partial charge >= 0.3 is 4.87 Å². The van der Waals surface area contributed by atoms with Gasteiger partial charge in [0.15, 0.2) is 0 Å². The van der Waals surface area contributed by atoms with Crippen LogP contribution in [0, 0.1) is 6.92 Å². The van der Waals surface area contributed by atoms with Crippen LogP contribution in [-0.4, -0.2) is 4.98 Å². The summed E-state index contributed by atoms with van der Waals surface area (Å²) < 4.78 is 5.80. The topological polar surface area (TPSA) is 39.2 Å². The molecule has 5 heteroatoms. The number of rotatable bonds is 0. The maximum Gasteiger partial charge on any atom is 0.328 e. The Morgan fingerprint density at radius 2 is 2.26 bits per heavy atom. The van der Waals surface area contributed by atoms with Crippen LogP contribution in [0.25, 0.3) is 21.0 Å². The minimum Gasteiger partial charge on any atom is -0.488 e. The van der Waals surface area contributed by atoms with E-state index in [1.807, 2.05) is 18.4 Å². The van der Waals surface area contributed by atoms with Gasteiger partial charge in [0, 0.05) is 22.1 Å². The standard InChI is InChI=1S/C14H9NO2S2/c1-7-2-3-9-10(4-7)17-5-8-6-18-13-12(11(8)9)19-14(16)15-13/h2-4,6H,5H2,1H3. The Hall–Kier alpha value is -1.72. The lowest BCUT2D eigenvalue weighted by atomic mass is 9.97. The molecule has 3 aliphatic rings. The van der Waals surface area contributed by atoms with Crippen LogP contribution in [0.3, 0.4) is 0 Å². The molecule has 0 unspecified atom stereocenters. The van der Waals surface area contributed by atoms with Gasteiger partial charge in [0.05, 0.1) is 4.88 Å². The van der Waals surface area contributed by atoms with Crippen molar-refractivity contribution in [1.82, 2.24) is 4.98 Å². The van der Waals surface area contributed by atoms with E-state index in [0.717, 1.165) is 32.3 Å². The third-order valence-corrected chi connectivity index (χ3v) is 5.14. The van der Waals surface area contributed by atoms with Crippen LogP contribution in [0.1, 0.15) is 11.1 Å². The van der Waals surface area contributed by atoms with E-state index in [1.165, 1.54) is 28.2 Å². The molecule has 0 N–H and O–H groups in total. The number of aryl methyl sites for hydroxylation is 1. The van der Waals surface area contributed by atoms with Crippen LogP contribution >= 0.6 is 22.7 Å². The first-order chi connectivity index (χ1) is 9.22. The Morgan fingerprint density at radius 1 is 1.37 bits per heavy atom. The van der Waals surface area contributed by atoms with E-state index < -0.39 is 0 Å². The Kier molecular flexibility index (Phi) is 2.28. The van der Waals surface area contributed by atoms with E-state index in [1.54, 1.807) is 0 Å². The predicted octanol–water partition coefficient (Wildman–Crippen LogP) is 3.54. The second kappa shape index (κ2) is 3.88. The lowest BCUT2D eigenvalue weighted by Crippen LogP contribution is -2.06. The van der Waals surface area contributed by atoms with Crippen molar-refractivity contribution < 1.29 is 4.74 Å². The van der Waals surface area contributed by atoms with Crippen LogP contribution in [0.2, 0.25) is 0 Å². The molecule has 3 nitrogen and oxygen atoms in total. The van der Waals surface area contributed by atoms with Gasteiger partial charge in [-0.25, -0.2) is 0 Å². The lowest BCUT2D eigenvalue weighted by molar-refractivity contribution is 0.302. The number of nitrogens with zero attached hydrogens (tertiary/aromatic N) is 1. The van der Waals surface area contributed by atoms with Gasteiger partial charge in [-0.3, -0.25) is 4.79 Å². The number of thiazole rings is 1. The molecule has 3 aliphatic heterocycles. The zero-order chi connectivity index (χ0) is 13.0. The summed E-state index contributed by atoms with van der Waals surface area (Å²) >= 11 is 2.73. The van der Waals surface area contributed by atoms with E-state index in [0.29, 0.717) is 6.61 Å². The summed E-state index contributed by atoms with van der Waals surface area (Å²) in [7, 11) is 0. The van der Waals surface area contributed by atoms with Crippen molar-refractivity contribution in [2.45, 2.75) is 13.5 Å². The van der Waals surface area contributed by atoms with Gasteiger partial charge in [0.1, 0.15) is 17.4 Å². The molecule has 1 aromatic rings. The largest absolute Gasteiger partial charge is 0.488 e. The van der Waals surface area contributed by atoms with Gasteiger partial charge in [-0.1, -0.05) is 23.5 Å². The monoisotopic (exact) mass is 287 g/mol. The number of benzene rings is 1. The van der Waals surface area contributed by atoms with Crippen molar-refractivity contribution in [1.29, 1.82) is 0 Å². The SMILES string of the molecule is Cc1ccc2c(c1)OCc1csc3nc(=O)sc-3c1-2. The highest BCUT2D eigenvalue weighted by atomic mass is 32.1. The van der Waals surface area contributed by atoms with Crippen molar-refractivity contribution in [2.75, 3.05) is 0 Å². The zero-order valence-electron chi connectivity index (χ0n) is 10.1. The molecular formula is C14H9NO2S2. The fraction of sp³-hybridized carbons (Fsp3) is 0.143. The maximum absolute atomic E-state index is 11.5. The van der Waals surface area contributed by atoms with Crippen LogP contribution in [0.4, 0.5) is 0 Å². The lowest BCUT2D eigenvalue weighted by Gasteiger charge is -2.22. The third kappa shape index (κ3) is 1.62. The Bertz CT molecular complexity index is 819. The first-order valence-electron chi connectivity index (χ1n) is 5.87. The summed E-state index contributed by atoms with van der Waals surface area (Å²) in [5.41, 5.74) is 4.49. The zero-order valence-corrected chi connectivity index (χ0v) is 11.7. The highest BCUT2D eigenvalue weighted by Crippen LogP contribution is 2.46. The number of ether oxygens (including phenoxy) is 1. The molecule has 19 heavy (non-hydrogen) atoms. The normalized spacial score (nSPS) is 12.9. The highest BCUT2D eigenvalue weighted by molar-refractivity contribution is 7.21. The second-order valence-electron chi connectivity index (χ2n) is 4.54. The Labute approximate surface area is 117 Å². The van der Waals surface area contributed by atoms with E-state index >= 15 is 0 Å². The van der Waals surface area contributed by atoms with Crippen molar-refractivity contribution in [2.24, 2.45) is 0 Å². The molecule has 0 amide bonds. The molecule has 0 saturated carbocycles. The molecule has 0 aliphatic carbocycles. The molecule has 1 aromatic carbocycles. The van der Waals surface area contributed by atoms with Gasteiger partial charge in [-0.2, -0.15) is 4.98 Å². The van der Waals surface area contributed by atoms with Crippen molar-refractivity contribution in [3.63, 3.8) is 0 Å². The molecule has 0 bridgehead atoms. The number of hydrogen-bond acceptors (Lipinski definition) is 5. The number of aromatic nitrogens is 1. The van der Waals surface area contributed by atoms with Crippen LogP contribution < -0.4 is 9.61 Å². The molecule has 0 saturated heterocycles. The van der Waals surface area contributed by atoms with Gasteiger partial charge in [-0.15, -0.1) is 11.3 Å². The van der Waals surface area contributed by atoms with Crippen LogP contribution in [-0.2, 0) is 6.61 Å². The molecule has 0 aromatic heterocycles. The van der Waals surface area contributed by atoms with Crippen LogP contribution in [0.15, 0.2) is 28.4 Å². The smallest absolute Gasteiger partial charge is 0.328 e. The average Bonchev–Trinajstić information content (AvgIpc) is 2.78. The van der Waals surface area contributed by atoms with Crippen molar-refractivity contribution in [3.05, 3.63) is 44.4 Å². The highest BCUT2D eigenvalue weighted by Gasteiger charge is 2.25. The first-order valence-corrected chi connectivity index (χ1v) is 7.57. The van der Waals surface area contributed by atoms with Gasteiger partial charge < -0.3 is 4.74 Å². The summed E-state index contributed by atoms with van der Waals surface area (Å²) in [5, 5.41) is 2.86. The fourth-order valence-corrected chi connectivity index (χ4v) is 4.27. The Morgan fingerprint density at radius 3 is 3.16 bits per heavy atom. The number of hydrogen-bond donors (Lipinski definition) is 0. The predicted molar refractivity (Wildman–Crippen MR) is 77.4 cm³/mol.